The van der Waals surface area contributed by atoms with E-state index in [4.69, 9.17) is 0 Å². The second-order valence-corrected chi connectivity index (χ2v) is 6.78. The minimum absolute atomic E-state index is 0.0834. The topological polar surface area (TPSA) is 121 Å². The predicted octanol–water partition coefficient (Wildman–Crippen LogP) is 2.33. The zero-order chi connectivity index (χ0) is 19.7. The van der Waals surface area contributed by atoms with Crippen molar-refractivity contribution in [2.75, 3.05) is 5.32 Å². The van der Waals surface area contributed by atoms with Crippen molar-refractivity contribution < 1.29 is 9.72 Å². The van der Waals surface area contributed by atoms with Crippen molar-refractivity contribution >= 4 is 17.3 Å². The molecule has 0 saturated carbocycles. The van der Waals surface area contributed by atoms with Crippen molar-refractivity contribution in [2.24, 2.45) is 0 Å². The molecule has 1 aromatic carbocycles. The van der Waals surface area contributed by atoms with Crippen LogP contribution in [0.25, 0.3) is 0 Å². The summed E-state index contributed by atoms with van der Waals surface area (Å²) >= 11 is 0. The lowest BCUT2D eigenvalue weighted by molar-refractivity contribution is -0.385. The summed E-state index contributed by atoms with van der Waals surface area (Å²) < 4.78 is 3.80. The van der Waals surface area contributed by atoms with Crippen LogP contribution in [0.15, 0.2) is 30.6 Å². The Morgan fingerprint density at radius 1 is 1.32 bits per heavy atom. The molecule has 144 valence electrons. The van der Waals surface area contributed by atoms with Crippen molar-refractivity contribution in [1.29, 1.82) is 0 Å². The molecule has 1 N–H and O–H groups in total. The summed E-state index contributed by atoms with van der Waals surface area (Å²) in [6.07, 6.45) is 6.42. The fourth-order valence-electron chi connectivity index (χ4n) is 3.30. The summed E-state index contributed by atoms with van der Waals surface area (Å²) in [5.41, 5.74) is 1.15. The molecule has 1 aliphatic rings. The van der Waals surface area contributed by atoms with E-state index >= 15 is 0 Å². The molecule has 0 radical (unpaired) electrons. The van der Waals surface area contributed by atoms with Crippen molar-refractivity contribution in [3.63, 3.8) is 0 Å². The minimum atomic E-state index is -0.497. The summed E-state index contributed by atoms with van der Waals surface area (Å²) in [7, 11) is 0. The normalized spacial score (nSPS) is 13.2. The molecule has 1 amide bonds. The first-order valence-electron chi connectivity index (χ1n) is 9.01. The molecule has 3 heterocycles. The molecule has 4 rings (SSSR count). The van der Waals surface area contributed by atoms with Gasteiger partial charge in [-0.25, -0.2) is 0 Å². The summed E-state index contributed by atoms with van der Waals surface area (Å²) in [4.78, 5) is 23.0. The number of amides is 1. The first-order valence-corrected chi connectivity index (χ1v) is 9.01. The van der Waals surface area contributed by atoms with Gasteiger partial charge in [0, 0.05) is 36.4 Å². The van der Waals surface area contributed by atoms with Crippen LogP contribution in [0.5, 0.6) is 0 Å². The Labute approximate surface area is 160 Å². The number of anilines is 1. The number of carbonyl (C=O) groups excluding carboxylic acids is 1. The number of hydrogen-bond acceptors (Lipinski definition) is 6. The Hall–Kier alpha value is -3.56. The molecule has 0 bridgehead atoms. The molecular formula is C18H19N7O3. The number of benzene rings is 1. The van der Waals surface area contributed by atoms with Crippen LogP contribution in [-0.4, -0.2) is 35.4 Å². The predicted molar refractivity (Wildman–Crippen MR) is 100 cm³/mol. The highest BCUT2D eigenvalue weighted by molar-refractivity contribution is 6.04. The van der Waals surface area contributed by atoms with Gasteiger partial charge in [-0.1, -0.05) is 6.07 Å². The van der Waals surface area contributed by atoms with Gasteiger partial charge in [0.05, 0.1) is 16.8 Å². The van der Waals surface area contributed by atoms with Gasteiger partial charge in [0.1, 0.15) is 12.4 Å². The third-order valence-corrected chi connectivity index (χ3v) is 4.80. The standard InChI is InChI=1S/C18H19N7O3/c1-12-5-6-13(8-15(12)25(27)28)18(26)20-14-9-19-23(10-14)11-17-22-21-16-4-2-3-7-24(16)17/h5-6,8-10H,2-4,7,11H2,1H3,(H,20,26). The van der Waals surface area contributed by atoms with E-state index in [1.54, 1.807) is 29.9 Å². The van der Waals surface area contributed by atoms with Crippen LogP contribution in [0.4, 0.5) is 11.4 Å². The number of nitro groups is 1. The Bertz CT molecular complexity index is 1050. The minimum Gasteiger partial charge on any atom is -0.319 e. The van der Waals surface area contributed by atoms with Crippen LogP contribution in [-0.2, 0) is 19.5 Å². The maximum Gasteiger partial charge on any atom is 0.273 e. The van der Waals surface area contributed by atoms with Gasteiger partial charge in [-0.3, -0.25) is 19.6 Å². The van der Waals surface area contributed by atoms with Crippen molar-refractivity contribution in [3.05, 3.63) is 63.5 Å². The maximum absolute atomic E-state index is 12.4. The first-order chi connectivity index (χ1) is 13.5. The van der Waals surface area contributed by atoms with E-state index in [1.807, 2.05) is 0 Å². The first kappa shape index (κ1) is 17.8. The van der Waals surface area contributed by atoms with Crippen LogP contribution >= 0.6 is 0 Å². The fourth-order valence-corrected chi connectivity index (χ4v) is 3.30. The number of nitrogens with zero attached hydrogens (tertiary/aromatic N) is 6. The zero-order valence-corrected chi connectivity index (χ0v) is 15.3. The molecule has 28 heavy (non-hydrogen) atoms. The molecule has 0 unspecified atom stereocenters. The number of carbonyl (C=O) groups is 1. The highest BCUT2D eigenvalue weighted by atomic mass is 16.6. The van der Waals surface area contributed by atoms with Gasteiger partial charge in [-0.05, 0) is 25.8 Å². The van der Waals surface area contributed by atoms with E-state index in [-0.39, 0.29) is 11.3 Å². The van der Waals surface area contributed by atoms with Gasteiger partial charge in [-0.15, -0.1) is 10.2 Å². The molecule has 10 heteroatoms. The number of hydrogen-bond donors (Lipinski definition) is 1. The van der Waals surface area contributed by atoms with Crippen LogP contribution in [0.1, 0.15) is 40.4 Å². The van der Waals surface area contributed by atoms with Crippen molar-refractivity contribution in [3.8, 4) is 0 Å². The van der Waals surface area contributed by atoms with Gasteiger partial charge in [0.25, 0.3) is 11.6 Å². The van der Waals surface area contributed by atoms with Gasteiger partial charge < -0.3 is 9.88 Å². The van der Waals surface area contributed by atoms with Crippen LogP contribution in [0, 0.1) is 17.0 Å². The van der Waals surface area contributed by atoms with Gasteiger partial charge in [-0.2, -0.15) is 5.10 Å². The van der Waals surface area contributed by atoms with Gasteiger partial charge >= 0.3 is 0 Å². The fraction of sp³-hybridized carbons (Fsp3) is 0.333. The van der Waals surface area contributed by atoms with E-state index in [2.05, 4.69) is 25.2 Å². The Morgan fingerprint density at radius 2 is 2.18 bits per heavy atom. The molecule has 0 spiro atoms. The Kier molecular flexibility index (Phi) is 4.60. The molecule has 10 nitrogen and oxygen atoms in total. The monoisotopic (exact) mass is 381 g/mol. The molecular weight excluding hydrogens is 362 g/mol. The highest BCUT2D eigenvalue weighted by Crippen LogP contribution is 2.20. The third-order valence-electron chi connectivity index (χ3n) is 4.80. The second-order valence-electron chi connectivity index (χ2n) is 6.78. The summed E-state index contributed by atoms with van der Waals surface area (Å²) in [5.74, 6) is 1.41. The highest BCUT2D eigenvalue weighted by Gasteiger charge is 2.17. The third kappa shape index (κ3) is 3.48. The molecule has 3 aromatic rings. The lowest BCUT2D eigenvalue weighted by Gasteiger charge is -2.14. The molecule has 0 atom stereocenters. The number of nitrogens with one attached hydrogen (secondary N) is 1. The zero-order valence-electron chi connectivity index (χ0n) is 15.3. The second kappa shape index (κ2) is 7.22. The summed E-state index contributed by atoms with van der Waals surface area (Å²) in [5, 5.41) is 26.5. The molecule has 1 aliphatic heterocycles. The quantitative estimate of drug-likeness (QED) is 0.535. The molecule has 2 aromatic heterocycles. The van der Waals surface area contributed by atoms with Crippen LogP contribution in [0.3, 0.4) is 0 Å². The number of nitro benzene ring substituents is 1. The van der Waals surface area contributed by atoms with Crippen molar-refractivity contribution in [2.45, 2.75) is 39.3 Å². The molecule has 0 aliphatic carbocycles. The van der Waals surface area contributed by atoms with Crippen LogP contribution in [0.2, 0.25) is 0 Å². The lowest BCUT2D eigenvalue weighted by Crippen LogP contribution is -2.15. The number of aryl methyl sites for hydroxylation is 2. The van der Waals surface area contributed by atoms with Crippen LogP contribution < -0.4 is 5.32 Å². The van der Waals surface area contributed by atoms with E-state index in [0.717, 1.165) is 37.5 Å². The number of fused-ring (bicyclic) bond motifs is 1. The largest absolute Gasteiger partial charge is 0.319 e. The van der Waals surface area contributed by atoms with Gasteiger partial charge in [0.2, 0.25) is 0 Å². The number of rotatable bonds is 5. The van der Waals surface area contributed by atoms with Gasteiger partial charge in [0.15, 0.2) is 5.82 Å². The average Bonchev–Trinajstić information content (AvgIpc) is 3.29. The molecule has 0 fully saturated rings. The van der Waals surface area contributed by atoms with Crippen molar-refractivity contribution in [1.82, 2.24) is 24.5 Å². The van der Waals surface area contributed by atoms with E-state index in [9.17, 15) is 14.9 Å². The summed E-state index contributed by atoms with van der Waals surface area (Å²) in [6.45, 7) is 3.00. The smallest absolute Gasteiger partial charge is 0.273 e. The van der Waals surface area contributed by atoms with E-state index < -0.39 is 10.8 Å². The van der Waals surface area contributed by atoms with E-state index in [0.29, 0.717) is 17.8 Å². The summed E-state index contributed by atoms with van der Waals surface area (Å²) in [6, 6.07) is 4.40. The Morgan fingerprint density at radius 3 is 3.00 bits per heavy atom. The SMILES string of the molecule is Cc1ccc(C(=O)Nc2cnn(Cc3nnc4n3CCCC4)c2)cc1[N+](=O)[O-]. The van der Waals surface area contributed by atoms with E-state index in [1.165, 1.54) is 12.3 Å². The maximum atomic E-state index is 12.4. The number of aromatic nitrogens is 5. The lowest BCUT2D eigenvalue weighted by atomic mass is 10.1. The Balaban J connectivity index is 1.46. The molecule has 0 saturated heterocycles. The average molecular weight is 381 g/mol.